The largest absolute Gasteiger partial charge is 0.388 e. The maximum Gasteiger partial charge on any atom is 0.237 e. The van der Waals surface area contributed by atoms with Gasteiger partial charge in [-0.3, -0.25) is 4.79 Å². The third kappa shape index (κ3) is 4.91. The van der Waals surface area contributed by atoms with Crippen LogP contribution < -0.4 is 10.6 Å². The number of carbonyl (C=O) groups excluding carboxylic acids is 1. The van der Waals surface area contributed by atoms with E-state index in [1.54, 1.807) is 13.2 Å². The molecule has 7 nitrogen and oxygen atoms in total. The minimum absolute atomic E-state index is 0.156. The molecule has 0 radical (unpaired) electrons. The van der Waals surface area contributed by atoms with Crippen LogP contribution >= 0.6 is 23.4 Å². The van der Waals surface area contributed by atoms with Crippen molar-refractivity contribution in [2.45, 2.75) is 79.9 Å². The summed E-state index contributed by atoms with van der Waals surface area (Å²) in [6.45, 7) is 2.56. The normalized spacial score (nSPS) is 41.5. The molecule has 5 N–H and O–H groups in total. The van der Waals surface area contributed by atoms with E-state index in [1.165, 1.54) is 31.0 Å². The van der Waals surface area contributed by atoms with Gasteiger partial charge in [0.25, 0.3) is 0 Å². The Labute approximate surface area is 169 Å². The van der Waals surface area contributed by atoms with Crippen LogP contribution in [0.3, 0.4) is 0 Å². The molecule has 1 amide bonds. The number of halogens is 1. The van der Waals surface area contributed by atoms with E-state index in [-0.39, 0.29) is 11.9 Å². The van der Waals surface area contributed by atoms with Crippen molar-refractivity contribution < 1.29 is 24.9 Å². The second kappa shape index (κ2) is 9.15. The van der Waals surface area contributed by atoms with Gasteiger partial charge >= 0.3 is 0 Å². The van der Waals surface area contributed by atoms with E-state index < -0.39 is 41.3 Å². The monoisotopic (exact) mass is 422 g/mol. The van der Waals surface area contributed by atoms with Crippen molar-refractivity contribution in [1.29, 1.82) is 0 Å². The first-order chi connectivity index (χ1) is 12.8. The number of hydrogen-bond acceptors (Lipinski definition) is 7. The third-order valence-corrected chi connectivity index (χ3v) is 7.12. The van der Waals surface area contributed by atoms with Crippen LogP contribution in [0.5, 0.6) is 0 Å². The highest BCUT2D eigenvalue weighted by atomic mass is 35.5. The number of aliphatic hydroxyl groups is 3. The molecule has 0 unspecified atom stereocenters. The highest BCUT2D eigenvalue weighted by molar-refractivity contribution is 7.99. The number of rotatable bonds is 8. The first-order valence-electron chi connectivity index (χ1n) is 9.73. The number of aliphatic hydroxyl groups excluding tert-OH is 3. The second-order valence-corrected chi connectivity index (χ2v) is 9.68. The number of alkyl halides is 1. The average Bonchev–Trinajstić information content (AvgIpc) is 3.42. The Bertz CT molecular complexity index is 522. The molecular weight excluding hydrogens is 392 g/mol. The Morgan fingerprint density at radius 3 is 2.48 bits per heavy atom. The molecule has 0 aromatic rings. The minimum atomic E-state index is -1.36. The summed E-state index contributed by atoms with van der Waals surface area (Å²) in [6, 6.07) is -0.938. The zero-order chi connectivity index (χ0) is 19.7. The topological polar surface area (TPSA) is 111 Å². The Morgan fingerprint density at radius 1 is 1.26 bits per heavy atom. The summed E-state index contributed by atoms with van der Waals surface area (Å²) in [5.74, 6) is 1.00. The second-order valence-electron chi connectivity index (χ2n) is 8.06. The molecule has 3 aliphatic rings. The summed E-state index contributed by atoms with van der Waals surface area (Å²) < 4.78 is 5.78. The molecule has 156 valence electrons. The van der Waals surface area contributed by atoms with Crippen LogP contribution in [0.25, 0.3) is 0 Å². The quantitative estimate of drug-likeness (QED) is 0.351. The van der Waals surface area contributed by atoms with Crippen molar-refractivity contribution in [2.24, 2.45) is 11.8 Å². The summed E-state index contributed by atoms with van der Waals surface area (Å²) in [4.78, 5) is 12.8. The van der Waals surface area contributed by atoms with Crippen molar-refractivity contribution in [2.75, 3.05) is 12.8 Å². The molecule has 3 fully saturated rings. The lowest BCUT2D eigenvalue weighted by Gasteiger charge is -2.45. The first kappa shape index (κ1) is 21.6. The number of ether oxygens (including phenoxy) is 1. The van der Waals surface area contributed by atoms with Gasteiger partial charge in [0.05, 0.1) is 17.5 Å². The van der Waals surface area contributed by atoms with Gasteiger partial charge in [0.1, 0.15) is 29.9 Å². The fraction of sp³-hybridized carbons (Fsp3) is 0.944. The molecule has 3 rings (SSSR count). The molecule has 2 saturated heterocycles. The van der Waals surface area contributed by atoms with E-state index in [9.17, 15) is 20.1 Å². The van der Waals surface area contributed by atoms with Gasteiger partial charge in [-0.05, 0) is 31.4 Å². The van der Waals surface area contributed by atoms with E-state index in [0.717, 1.165) is 18.9 Å². The smallest absolute Gasteiger partial charge is 0.237 e. The van der Waals surface area contributed by atoms with E-state index in [2.05, 4.69) is 10.6 Å². The van der Waals surface area contributed by atoms with Gasteiger partial charge in [0.2, 0.25) is 5.91 Å². The van der Waals surface area contributed by atoms with Gasteiger partial charge < -0.3 is 30.7 Å². The van der Waals surface area contributed by atoms with Gasteiger partial charge in [-0.1, -0.05) is 19.3 Å². The van der Waals surface area contributed by atoms with Crippen molar-refractivity contribution in [1.82, 2.24) is 10.6 Å². The first-order valence-corrected chi connectivity index (χ1v) is 11.5. The number of thioether (sulfide) groups is 1. The number of carbonyl (C=O) groups is 1. The zero-order valence-corrected chi connectivity index (χ0v) is 17.3. The third-order valence-electron chi connectivity index (χ3n) is 5.99. The summed E-state index contributed by atoms with van der Waals surface area (Å²) in [7, 11) is 0. The number of hydrogen-bond donors (Lipinski definition) is 5. The van der Waals surface area contributed by atoms with Crippen LogP contribution in [0, 0.1) is 11.8 Å². The standard InChI is InChI=1S/C18H31ClN2O5S/c1-8(19)11(16-14(23)13(22)15(24)18(26-16)27-2)21-17(25)12-10(7-20-12)6-5-9-3-4-9/h8-16,18,20,22-24H,3-7H2,1-2H3,(H,21,25)/t8-,10-,11+,12-,13-,14+,15+,16+,18+/m0/s1. The molecule has 0 aromatic carbocycles. The highest BCUT2D eigenvalue weighted by Gasteiger charge is 2.48. The predicted molar refractivity (Wildman–Crippen MR) is 105 cm³/mol. The molecule has 9 atom stereocenters. The molecule has 1 saturated carbocycles. The van der Waals surface area contributed by atoms with Crippen molar-refractivity contribution in [3.63, 3.8) is 0 Å². The molecule has 0 spiro atoms. The van der Waals surface area contributed by atoms with E-state index in [4.69, 9.17) is 16.3 Å². The minimum Gasteiger partial charge on any atom is -0.388 e. The summed E-state index contributed by atoms with van der Waals surface area (Å²) >= 11 is 7.54. The predicted octanol–water partition coefficient (Wildman–Crippen LogP) is 0.0473. The van der Waals surface area contributed by atoms with Crippen LogP contribution in [0.15, 0.2) is 0 Å². The lowest BCUT2D eigenvalue weighted by atomic mass is 9.85. The summed E-state index contributed by atoms with van der Waals surface area (Å²) in [5, 5.41) is 36.1. The molecule has 2 heterocycles. The fourth-order valence-electron chi connectivity index (χ4n) is 3.91. The van der Waals surface area contributed by atoms with Crippen molar-refractivity contribution in [3.8, 4) is 0 Å². The van der Waals surface area contributed by atoms with Gasteiger partial charge in [0.15, 0.2) is 0 Å². The summed E-state index contributed by atoms with van der Waals surface area (Å²) in [5.41, 5.74) is -0.698. The SMILES string of the molecule is CS[C@H]1O[C@H]([C@H](NC(=O)[C@H]2NC[C@@H]2CCC2CC2)[C@H](C)Cl)[C@H](O)[C@H](O)[C@H]1O. The number of amides is 1. The maximum absolute atomic E-state index is 12.8. The van der Waals surface area contributed by atoms with Crippen LogP contribution in [0.1, 0.15) is 32.6 Å². The van der Waals surface area contributed by atoms with Crippen LogP contribution in [0.4, 0.5) is 0 Å². The number of nitrogens with one attached hydrogen (secondary N) is 2. The molecular formula is C18H31ClN2O5S. The Morgan fingerprint density at radius 2 is 1.96 bits per heavy atom. The average molecular weight is 423 g/mol. The zero-order valence-electron chi connectivity index (χ0n) is 15.8. The van der Waals surface area contributed by atoms with Gasteiger partial charge in [0, 0.05) is 6.54 Å². The van der Waals surface area contributed by atoms with Crippen molar-refractivity contribution in [3.05, 3.63) is 0 Å². The maximum atomic E-state index is 12.8. The van der Waals surface area contributed by atoms with Gasteiger partial charge in [-0.2, -0.15) is 0 Å². The van der Waals surface area contributed by atoms with Gasteiger partial charge in [-0.15, -0.1) is 23.4 Å². The molecule has 0 aromatic heterocycles. The Hall–Kier alpha value is -0.0900. The van der Waals surface area contributed by atoms with E-state index in [1.807, 2.05) is 0 Å². The summed E-state index contributed by atoms with van der Waals surface area (Å²) in [6.07, 6.45) is 1.79. The van der Waals surface area contributed by atoms with Crippen molar-refractivity contribution >= 4 is 29.3 Å². The molecule has 27 heavy (non-hydrogen) atoms. The van der Waals surface area contributed by atoms with Crippen LogP contribution in [0.2, 0.25) is 0 Å². The lowest BCUT2D eigenvalue weighted by molar-refractivity contribution is -0.205. The fourth-order valence-corrected chi connectivity index (χ4v) is 4.80. The highest BCUT2D eigenvalue weighted by Crippen LogP contribution is 2.36. The van der Waals surface area contributed by atoms with E-state index in [0.29, 0.717) is 5.92 Å². The Kier molecular flexibility index (Phi) is 7.33. The molecule has 1 aliphatic carbocycles. The Balaban J connectivity index is 1.61. The van der Waals surface area contributed by atoms with Crippen LogP contribution in [-0.2, 0) is 9.53 Å². The molecule has 9 heteroatoms. The lowest BCUT2D eigenvalue weighted by Crippen LogP contribution is -2.67. The van der Waals surface area contributed by atoms with E-state index >= 15 is 0 Å². The molecule has 2 aliphatic heterocycles. The van der Waals surface area contributed by atoms with Gasteiger partial charge in [-0.25, -0.2) is 0 Å². The van der Waals surface area contributed by atoms with Crippen LogP contribution in [-0.4, -0.2) is 81.3 Å². The molecule has 0 bridgehead atoms.